The first-order chi connectivity index (χ1) is 10.6. The van der Waals surface area contributed by atoms with Crippen molar-refractivity contribution in [1.29, 1.82) is 0 Å². The molecule has 2 aliphatic rings. The van der Waals surface area contributed by atoms with Gasteiger partial charge in [-0.1, -0.05) is 12.5 Å². The summed E-state index contributed by atoms with van der Waals surface area (Å²) in [6.45, 7) is 1.79. The van der Waals surface area contributed by atoms with Gasteiger partial charge in [0.1, 0.15) is 29.1 Å². The molecular formula is C17H20O5. The summed E-state index contributed by atoms with van der Waals surface area (Å²) in [5, 5.41) is 10.3. The molecule has 1 aliphatic heterocycles. The third-order valence-electron chi connectivity index (χ3n) is 4.33. The van der Waals surface area contributed by atoms with Gasteiger partial charge in [-0.25, -0.2) is 9.59 Å². The van der Waals surface area contributed by atoms with Crippen LogP contribution in [0, 0.1) is 0 Å². The van der Waals surface area contributed by atoms with Crippen molar-refractivity contribution in [1.82, 2.24) is 0 Å². The highest BCUT2D eigenvalue weighted by atomic mass is 16.5. The second kappa shape index (κ2) is 5.99. The summed E-state index contributed by atoms with van der Waals surface area (Å²) in [5.41, 5.74) is 0.836. The number of aromatic hydroxyl groups is 1. The third-order valence-corrected chi connectivity index (χ3v) is 4.33. The molecule has 0 spiro atoms. The van der Waals surface area contributed by atoms with Crippen molar-refractivity contribution in [2.75, 3.05) is 0 Å². The molecule has 3 rings (SSSR count). The predicted molar refractivity (Wildman–Crippen MR) is 79.0 cm³/mol. The molecule has 1 saturated carbocycles. The number of esters is 2. The number of phenolic OH excluding ortho intramolecular Hbond substituents is 1. The summed E-state index contributed by atoms with van der Waals surface area (Å²) in [7, 11) is 0. The van der Waals surface area contributed by atoms with Crippen molar-refractivity contribution in [3.05, 3.63) is 28.8 Å². The third kappa shape index (κ3) is 2.80. The van der Waals surface area contributed by atoms with Crippen LogP contribution in [0.2, 0.25) is 0 Å². The summed E-state index contributed by atoms with van der Waals surface area (Å²) in [4.78, 5) is 24.2. The Labute approximate surface area is 129 Å². The second-order valence-corrected chi connectivity index (χ2v) is 6.08. The van der Waals surface area contributed by atoms with Gasteiger partial charge in [0.25, 0.3) is 0 Å². The van der Waals surface area contributed by atoms with Crippen molar-refractivity contribution >= 4 is 11.9 Å². The summed E-state index contributed by atoms with van der Waals surface area (Å²) in [6.07, 6.45) is 5.21. The smallest absolute Gasteiger partial charge is 0.342 e. The number of rotatable bonds is 2. The molecule has 0 saturated heterocycles. The monoisotopic (exact) mass is 304 g/mol. The van der Waals surface area contributed by atoms with Crippen LogP contribution in [0.5, 0.6) is 5.75 Å². The van der Waals surface area contributed by atoms with E-state index in [1.54, 1.807) is 13.0 Å². The second-order valence-electron chi connectivity index (χ2n) is 6.08. The molecule has 0 bridgehead atoms. The first-order valence-electron chi connectivity index (χ1n) is 7.83. The molecule has 5 nitrogen and oxygen atoms in total. The number of ether oxygens (including phenoxy) is 2. The van der Waals surface area contributed by atoms with Gasteiger partial charge in [0, 0.05) is 6.42 Å². The minimum atomic E-state index is -0.585. The van der Waals surface area contributed by atoms with E-state index in [-0.39, 0.29) is 29.1 Å². The molecule has 1 aromatic rings. The van der Waals surface area contributed by atoms with E-state index >= 15 is 0 Å². The number of carbonyl (C=O) groups excluding carboxylic acids is 2. The normalized spacial score (nSPS) is 21.9. The summed E-state index contributed by atoms with van der Waals surface area (Å²) < 4.78 is 10.6. The molecule has 1 fully saturated rings. The molecule has 1 unspecified atom stereocenters. The maximum absolute atomic E-state index is 12.3. The van der Waals surface area contributed by atoms with Crippen LogP contribution in [0.3, 0.4) is 0 Å². The Morgan fingerprint density at radius 2 is 2.00 bits per heavy atom. The lowest BCUT2D eigenvalue weighted by atomic mass is 9.95. The van der Waals surface area contributed by atoms with Crippen LogP contribution in [-0.2, 0) is 15.9 Å². The van der Waals surface area contributed by atoms with E-state index < -0.39 is 11.9 Å². The highest BCUT2D eigenvalue weighted by Crippen LogP contribution is 2.32. The fourth-order valence-corrected chi connectivity index (χ4v) is 3.19. The average molecular weight is 304 g/mol. The van der Waals surface area contributed by atoms with Gasteiger partial charge in [0.05, 0.1) is 0 Å². The summed E-state index contributed by atoms with van der Waals surface area (Å²) >= 11 is 0. The van der Waals surface area contributed by atoms with E-state index in [1.165, 1.54) is 12.5 Å². The predicted octanol–water partition coefficient (Wildman–Crippen LogP) is 2.98. The maximum Gasteiger partial charge on any atom is 0.342 e. The fourth-order valence-electron chi connectivity index (χ4n) is 3.19. The molecule has 0 radical (unpaired) electrons. The van der Waals surface area contributed by atoms with Gasteiger partial charge in [0.2, 0.25) is 0 Å². The maximum atomic E-state index is 12.3. The number of phenols is 1. The van der Waals surface area contributed by atoms with Crippen LogP contribution in [0.15, 0.2) is 12.1 Å². The topological polar surface area (TPSA) is 72.8 Å². The van der Waals surface area contributed by atoms with E-state index in [0.717, 1.165) is 25.7 Å². The molecule has 22 heavy (non-hydrogen) atoms. The lowest BCUT2D eigenvalue weighted by Crippen LogP contribution is -2.26. The number of cyclic esters (lactones) is 1. The van der Waals surface area contributed by atoms with E-state index in [4.69, 9.17) is 9.47 Å². The van der Waals surface area contributed by atoms with Crippen LogP contribution < -0.4 is 0 Å². The minimum absolute atomic E-state index is 0.0378. The first kappa shape index (κ1) is 14.9. The van der Waals surface area contributed by atoms with Crippen LogP contribution >= 0.6 is 0 Å². The first-order valence-corrected chi connectivity index (χ1v) is 7.83. The Bertz CT molecular complexity index is 601. The van der Waals surface area contributed by atoms with Gasteiger partial charge in [-0.3, -0.25) is 0 Å². The largest absolute Gasteiger partial charge is 0.506 e. The van der Waals surface area contributed by atoms with Gasteiger partial charge < -0.3 is 14.6 Å². The Kier molecular flexibility index (Phi) is 4.05. The molecule has 1 N–H and O–H groups in total. The van der Waals surface area contributed by atoms with Crippen molar-refractivity contribution < 1.29 is 24.2 Å². The van der Waals surface area contributed by atoms with Crippen molar-refractivity contribution in [2.45, 2.75) is 57.7 Å². The van der Waals surface area contributed by atoms with E-state index in [9.17, 15) is 14.7 Å². The Morgan fingerprint density at radius 3 is 2.73 bits per heavy atom. The van der Waals surface area contributed by atoms with Crippen molar-refractivity contribution in [3.63, 3.8) is 0 Å². The number of fused-ring (bicyclic) bond motifs is 1. The summed E-state index contributed by atoms with van der Waals surface area (Å²) in [5.74, 6) is -1.48. The van der Waals surface area contributed by atoms with E-state index in [1.807, 2.05) is 0 Å². The highest BCUT2D eigenvalue weighted by Gasteiger charge is 2.30. The molecule has 1 heterocycles. The van der Waals surface area contributed by atoms with Crippen LogP contribution in [0.1, 0.15) is 65.3 Å². The molecule has 1 atom stereocenters. The lowest BCUT2D eigenvalue weighted by Gasteiger charge is -2.24. The zero-order chi connectivity index (χ0) is 15.7. The van der Waals surface area contributed by atoms with Gasteiger partial charge in [0.15, 0.2) is 0 Å². The Morgan fingerprint density at radius 1 is 1.27 bits per heavy atom. The highest BCUT2D eigenvalue weighted by molar-refractivity contribution is 6.01. The van der Waals surface area contributed by atoms with Gasteiger partial charge >= 0.3 is 11.9 Å². The Hall–Kier alpha value is -2.04. The van der Waals surface area contributed by atoms with Crippen LogP contribution in [0.4, 0.5) is 0 Å². The number of hydrogen-bond donors (Lipinski definition) is 1. The minimum Gasteiger partial charge on any atom is -0.506 e. The van der Waals surface area contributed by atoms with Gasteiger partial charge in [-0.05, 0) is 44.2 Å². The molecule has 118 valence electrons. The molecule has 0 amide bonds. The molecule has 1 aromatic carbocycles. The van der Waals surface area contributed by atoms with E-state index in [2.05, 4.69) is 0 Å². The molecule has 1 aliphatic carbocycles. The van der Waals surface area contributed by atoms with Gasteiger partial charge in [-0.2, -0.15) is 0 Å². The van der Waals surface area contributed by atoms with Crippen molar-refractivity contribution in [2.24, 2.45) is 0 Å². The zero-order valence-electron chi connectivity index (χ0n) is 12.6. The number of hydrogen-bond acceptors (Lipinski definition) is 5. The molecule has 0 aromatic heterocycles. The quantitative estimate of drug-likeness (QED) is 0.850. The Balaban J connectivity index is 1.84. The zero-order valence-corrected chi connectivity index (χ0v) is 12.6. The van der Waals surface area contributed by atoms with Crippen molar-refractivity contribution in [3.8, 4) is 5.75 Å². The lowest BCUT2D eigenvalue weighted by molar-refractivity contribution is 0.0207. The fraction of sp³-hybridized carbons (Fsp3) is 0.529. The van der Waals surface area contributed by atoms with Crippen LogP contribution in [-0.4, -0.2) is 29.3 Å². The molecular weight excluding hydrogens is 284 g/mol. The SMILES string of the molecule is CC1Cc2ccc(C(=O)OC3CCCCC3)c(O)c2C(=O)O1. The molecule has 5 heteroatoms. The van der Waals surface area contributed by atoms with Gasteiger partial charge in [-0.15, -0.1) is 0 Å². The van der Waals surface area contributed by atoms with Crippen LogP contribution in [0.25, 0.3) is 0 Å². The number of benzene rings is 1. The van der Waals surface area contributed by atoms with E-state index in [0.29, 0.717) is 12.0 Å². The number of carbonyl (C=O) groups is 2. The standard InChI is InChI=1S/C17H20O5/c1-10-9-11-7-8-13(15(18)14(11)17(20)21-10)16(19)22-12-5-3-2-4-6-12/h7-8,10,12,18H,2-6,9H2,1H3. The average Bonchev–Trinajstić information content (AvgIpc) is 2.47. The summed E-state index contributed by atoms with van der Waals surface area (Å²) in [6, 6.07) is 3.23.